The molecule has 0 atom stereocenters. The first kappa shape index (κ1) is 19.7. The molecule has 0 radical (unpaired) electrons. The van der Waals surface area contributed by atoms with Crippen molar-refractivity contribution in [1.29, 1.82) is 0 Å². The van der Waals surface area contributed by atoms with Crippen LogP contribution in [0.4, 0.5) is 0 Å². The third-order valence-electron chi connectivity index (χ3n) is 4.69. The first-order chi connectivity index (χ1) is 14.0. The molecule has 0 fully saturated rings. The topological polar surface area (TPSA) is 56.7 Å². The molecular weight excluding hydrogens is 396 g/mol. The van der Waals surface area contributed by atoms with E-state index < -0.39 is 8.07 Å². The maximum absolute atomic E-state index is 5.56. The van der Waals surface area contributed by atoms with Crippen LogP contribution in [0.3, 0.4) is 0 Å². The summed E-state index contributed by atoms with van der Waals surface area (Å²) < 4.78 is 7.63. The molecule has 3 heterocycles. The molecule has 29 heavy (non-hydrogen) atoms. The van der Waals surface area contributed by atoms with Crippen LogP contribution in [0.5, 0.6) is 0 Å². The van der Waals surface area contributed by atoms with Crippen LogP contribution in [0.15, 0.2) is 76.6 Å². The molecular formula is C22H24N4OSSi. The van der Waals surface area contributed by atoms with E-state index in [1.807, 2.05) is 30.3 Å². The Bertz CT molecular complexity index is 1050. The van der Waals surface area contributed by atoms with Crippen molar-refractivity contribution < 1.29 is 4.42 Å². The average molecular weight is 421 g/mol. The predicted molar refractivity (Wildman–Crippen MR) is 120 cm³/mol. The maximum Gasteiger partial charge on any atom is 0.192 e. The lowest BCUT2D eigenvalue weighted by Crippen LogP contribution is -2.37. The fourth-order valence-corrected chi connectivity index (χ4v) is 5.09. The second-order valence-corrected chi connectivity index (χ2v) is 13.9. The Morgan fingerprint density at radius 2 is 1.79 bits per heavy atom. The lowest BCUT2D eigenvalue weighted by Gasteiger charge is -2.16. The zero-order valence-corrected chi connectivity index (χ0v) is 18.7. The van der Waals surface area contributed by atoms with Crippen molar-refractivity contribution in [1.82, 2.24) is 19.7 Å². The Morgan fingerprint density at radius 3 is 2.45 bits per heavy atom. The lowest BCUT2D eigenvalue weighted by molar-refractivity contribution is 0.485. The highest BCUT2D eigenvalue weighted by atomic mass is 32.2. The highest BCUT2D eigenvalue weighted by molar-refractivity contribution is 7.98. The van der Waals surface area contributed by atoms with Crippen LogP contribution in [0.1, 0.15) is 11.3 Å². The van der Waals surface area contributed by atoms with Gasteiger partial charge in [0.1, 0.15) is 11.5 Å². The second kappa shape index (κ2) is 8.38. The van der Waals surface area contributed by atoms with Crippen LogP contribution in [-0.2, 0) is 12.3 Å². The van der Waals surface area contributed by atoms with E-state index in [1.54, 1.807) is 24.2 Å². The molecule has 0 aliphatic heterocycles. The molecule has 0 N–H and O–H groups in total. The molecule has 148 valence electrons. The predicted octanol–water partition coefficient (Wildman–Crippen LogP) is 4.82. The minimum atomic E-state index is -1.27. The van der Waals surface area contributed by atoms with Crippen molar-refractivity contribution in [2.24, 2.45) is 0 Å². The van der Waals surface area contributed by atoms with Crippen molar-refractivity contribution >= 4 is 25.0 Å². The largest absolute Gasteiger partial charge is 0.467 e. The molecule has 4 aromatic rings. The monoisotopic (exact) mass is 420 g/mol. The van der Waals surface area contributed by atoms with Crippen LogP contribution in [0.25, 0.3) is 11.5 Å². The molecule has 0 spiro atoms. The number of benzene rings is 1. The summed E-state index contributed by atoms with van der Waals surface area (Å²) in [7, 11) is -1.27. The van der Waals surface area contributed by atoms with Gasteiger partial charge in [-0.1, -0.05) is 66.9 Å². The molecule has 0 saturated carbocycles. The molecule has 5 nitrogen and oxygen atoms in total. The fourth-order valence-electron chi connectivity index (χ4n) is 3.03. The quantitative estimate of drug-likeness (QED) is 0.317. The first-order valence-electron chi connectivity index (χ1n) is 9.60. The Hall–Kier alpha value is -2.64. The highest BCUT2D eigenvalue weighted by Gasteiger charge is 2.18. The summed E-state index contributed by atoms with van der Waals surface area (Å²) in [5, 5.41) is 11.2. The summed E-state index contributed by atoms with van der Waals surface area (Å²) in [6.45, 7) is 7.68. The van der Waals surface area contributed by atoms with E-state index in [2.05, 4.69) is 63.7 Å². The van der Waals surface area contributed by atoms with Gasteiger partial charge in [0.2, 0.25) is 0 Å². The lowest BCUT2D eigenvalue weighted by atomic mass is 10.2. The van der Waals surface area contributed by atoms with Crippen LogP contribution >= 0.6 is 11.8 Å². The number of pyridine rings is 1. The molecule has 4 rings (SSSR count). The summed E-state index contributed by atoms with van der Waals surface area (Å²) in [5.41, 5.74) is 2.09. The van der Waals surface area contributed by atoms with Gasteiger partial charge in [-0.3, -0.25) is 9.55 Å². The zero-order valence-electron chi connectivity index (χ0n) is 16.9. The van der Waals surface area contributed by atoms with E-state index in [0.717, 1.165) is 28.2 Å². The van der Waals surface area contributed by atoms with Crippen LogP contribution in [0, 0.1) is 0 Å². The number of rotatable bonds is 7. The van der Waals surface area contributed by atoms with Crippen LogP contribution < -0.4 is 5.19 Å². The van der Waals surface area contributed by atoms with Gasteiger partial charge in [0.05, 0.1) is 20.9 Å². The molecule has 3 aromatic heterocycles. The number of thioether (sulfide) groups is 1. The SMILES string of the molecule is C[Si](C)(C)c1ccc(CSc2nnc(-c3ccccn3)n2Cc2ccco2)cc1. The standard InChI is InChI=1S/C22H24N4OSSi/c1-29(2,3)19-11-9-17(10-12-19)16-28-22-25-24-21(20-8-4-5-13-23-20)26(22)15-18-7-6-14-27-18/h4-14H,15-16H2,1-3H3. The second-order valence-electron chi connectivity index (χ2n) is 7.92. The van der Waals surface area contributed by atoms with Gasteiger partial charge >= 0.3 is 0 Å². The fraction of sp³-hybridized carbons (Fsp3) is 0.227. The molecule has 0 bridgehead atoms. The minimum Gasteiger partial charge on any atom is -0.467 e. The highest BCUT2D eigenvalue weighted by Crippen LogP contribution is 2.26. The average Bonchev–Trinajstić information content (AvgIpc) is 3.37. The number of nitrogens with zero attached hydrogens (tertiary/aromatic N) is 4. The van der Waals surface area contributed by atoms with Crippen molar-refractivity contribution in [2.45, 2.75) is 37.1 Å². The molecule has 1 aromatic carbocycles. The Kier molecular flexibility index (Phi) is 5.69. The molecule has 0 unspecified atom stereocenters. The van der Waals surface area contributed by atoms with Gasteiger partial charge in [-0.25, -0.2) is 0 Å². The van der Waals surface area contributed by atoms with Gasteiger partial charge in [-0.2, -0.15) is 0 Å². The van der Waals surface area contributed by atoms with E-state index in [-0.39, 0.29) is 0 Å². The first-order valence-corrected chi connectivity index (χ1v) is 14.1. The normalized spacial score (nSPS) is 11.7. The molecule has 0 amide bonds. The summed E-state index contributed by atoms with van der Waals surface area (Å²) in [5.74, 6) is 2.45. The van der Waals surface area contributed by atoms with Crippen molar-refractivity contribution in [2.75, 3.05) is 0 Å². The van der Waals surface area contributed by atoms with E-state index in [0.29, 0.717) is 6.54 Å². The third-order valence-corrected chi connectivity index (χ3v) is 7.80. The number of hydrogen-bond acceptors (Lipinski definition) is 5. The summed E-state index contributed by atoms with van der Waals surface area (Å²) in [6, 6.07) is 18.7. The van der Waals surface area contributed by atoms with Gasteiger partial charge in [0.15, 0.2) is 11.0 Å². The van der Waals surface area contributed by atoms with Gasteiger partial charge in [0.25, 0.3) is 0 Å². The Balaban J connectivity index is 1.57. The van der Waals surface area contributed by atoms with Gasteiger partial charge in [0, 0.05) is 11.9 Å². The smallest absolute Gasteiger partial charge is 0.192 e. The molecule has 0 aliphatic rings. The summed E-state index contributed by atoms with van der Waals surface area (Å²) >= 11 is 1.68. The van der Waals surface area contributed by atoms with E-state index >= 15 is 0 Å². The Morgan fingerprint density at radius 1 is 0.966 bits per heavy atom. The molecule has 7 heteroatoms. The number of furan rings is 1. The van der Waals surface area contributed by atoms with Crippen LogP contribution in [0.2, 0.25) is 19.6 Å². The molecule has 0 aliphatic carbocycles. The van der Waals surface area contributed by atoms with E-state index in [9.17, 15) is 0 Å². The third kappa shape index (κ3) is 4.68. The van der Waals surface area contributed by atoms with Crippen LogP contribution in [-0.4, -0.2) is 27.8 Å². The summed E-state index contributed by atoms with van der Waals surface area (Å²) in [6.07, 6.45) is 3.46. The maximum atomic E-state index is 5.56. The van der Waals surface area contributed by atoms with E-state index in [1.165, 1.54) is 10.8 Å². The Labute approximate surface area is 176 Å². The number of aromatic nitrogens is 4. The van der Waals surface area contributed by atoms with Gasteiger partial charge in [-0.15, -0.1) is 10.2 Å². The minimum absolute atomic E-state index is 0.572. The van der Waals surface area contributed by atoms with Crippen molar-refractivity contribution in [3.8, 4) is 11.5 Å². The molecule has 0 saturated heterocycles. The summed E-state index contributed by atoms with van der Waals surface area (Å²) in [4.78, 5) is 4.44. The number of hydrogen-bond donors (Lipinski definition) is 0. The zero-order chi connectivity index (χ0) is 20.3. The van der Waals surface area contributed by atoms with Crippen molar-refractivity contribution in [3.63, 3.8) is 0 Å². The van der Waals surface area contributed by atoms with Gasteiger partial charge < -0.3 is 4.42 Å². The van der Waals surface area contributed by atoms with E-state index in [4.69, 9.17) is 4.42 Å². The van der Waals surface area contributed by atoms with Crippen molar-refractivity contribution in [3.05, 3.63) is 78.4 Å². The van der Waals surface area contributed by atoms with Gasteiger partial charge in [-0.05, 0) is 29.8 Å².